The zero-order chi connectivity index (χ0) is 30.0. The molecule has 0 radical (unpaired) electrons. The standard InChI is InChI=1S/C28H30ClF2N7O4/c1-14-25(24-15(2)37-42-16(24)3)35-26(20-7-19(5-6-21(20)29)40-12-18(39)9-32-4)36-27(14)38-10-17-8-33-28(34-22(17)11-38)41-13-23(30)31/h5-8,18,23,32,39H,9-13H2,1-4H3/t18-/m1/s1. The van der Waals surface area contributed by atoms with Gasteiger partial charge in [-0.15, -0.1) is 0 Å². The number of nitrogens with one attached hydrogen (secondary N) is 1. The fourth-order valence-corrected chi connectivity index (χ4v) is 4.94. The van der Waals surface area contributed by atoms with Crippen LogP contribution in [0, 0.1) is 20.8 Å². The van der Waals surface area contributed by atoms with Gasteiger partial charge in [-0.05, 0) is 46.0 Å². The largest absolute Gasteiger partial charge is 0.491 e. The molecule has 4 heterocycles. The molecule has 1 aromatic carbocycles. The predicted octanol–water partition coefficient (Wildman–Crippen LogP) is 4.29. The number of halogens is 3. The van der Waals surface area contributed by atoms with Gasteiger partial charge in [-0.2, -0.15) is 4.98 Å². The topological polar surface area (TPSA) is 132 Å². The number of fused-ring (bicyclic) bond motifs is 1. The Labute approximate surface area is 245 Å². The minimum absolute atomic E-state index is 0.0856. The number of hydrogen-bond donors (Lipinski definition) is 2. The van der Waals surface area contributed by atoms with Crippen LogP contribution in [0.25, 0.3) is 22.6 Å². The number of benzene rings is 1. The first-order valence-electron chi connectivity index (χ1n) is 13.2. The fraction of sp³-hybridized carbons (Fsp3) is 0.393. The average molecular weight is 602 g/mol. The average Bonchev–Trinajstić information content (AvgIpc) is 3.53. The van der Waals surface area contributed by atoms with E-state index in [1.807, 2.05) is 25.7 Å². The molecular weight excluding hydrogens is 572 g/mol. The van der Waals surface area contributed by atoms with E-state index in [0.717, 1.165) is 16.7 Å². The van der Waals surface area contributed by atoms with E-state index in [1.165, 1.54) is 0 Å². The molecule has 0 saturated heterocycles. The van der Waals surface area contributed by atoms with Gasteiger partial charge in [0, 0.05) is 36.0 Å². The Bertz CT molecular complexity index is 1570. The number of alkyl halides is 2. The van der Waals surface area contributed by atoms with Crippen molar-refractivity contribution in [3.05, 3.63) is 57.7 Å². The van der Waals surface area contributed by atoms with Gasteiger partial charge in [0.05, 0.1) is 34.2 Å². The lowest BCUT2D eigenvalue weighted by molar-refractivity contribution is 0.0769. The Kier molecular flexibility index (Phi) is 8.80. The van der Waals surface area contributed by atoms with Crippen LogP contribution in [0.2, 0.25) is 5.02 Å². The zero-order valence-electron chi connectivity index (χ0n) is 23.5. The second-order valence-corrected chi connectivity index (χ2v) is 10.3. The van der Waals surface area contributed by atoms with E-state index in [-0.39, 0.29) is 12.6 Å². The van der Waals surface area contributed by atoms with Gasteiger partial charge in [0.25, 0.3) is 6.43 Å². The number of hydrogen-bond acceptors (Lipinski definition) is 11. The number of aliphatic hydroxyl groups is 1. The molecule has 11 nitrogen and oxygen atoms in total. The maximum absolute atomic E-state index is 12.6. The van der Waals surface area contributed by atoms with Crippen molar-refractivity contribution in [1.82, 2.24) is 30.4 Å². The second kappa shape index (κ2) is 12.5. The van der Waals surface area contributed by atoms with Crippen LogP contribution in [0.3, 0.4) is 0 Å². The van der Waals surface area contributed by atoms with Crippen molar-refractivity contribution in [2.24, 2.45) is 0 Å². The van der Waals surface area contributed by atoms with Gasteiger partial charge in [0.15, 0.2) is 12.4 Å². The number of aliphatic hydroxyl groups excluding tert-OH is 1. The van der Waals surface area contributed by atoms with Crippen molar-refractivity contribution < 1.29 is 27.9 Å². The van der Waals surface area contributed by atoms with Crippen molar-refractivity contribution in [3.63, 3.8) is 0 Å². The van der Waals surface area contributed by atoms with Gasteiger partial charge >= 0.3 is 6.01 Å². The summed E-state index contributed by atoms with van der Waals surface area (Å²) < 4.78 is 41.5. The van der Waals surface area contributed by atoms with Crippen LogP contribution in [0.15, 0.2) is 28.9 Å². The van der Waals surface area contributed by atoms with Crippen molar-refractivity contribution in [3.8, 4) is 34.4 Å². The monoisotopic (exact) mass is 601 g/mol. The van der Waals surface area contributed by atoms with E-state index in [1.54, 1.807) is 31.4 Å². The summed E-state index contributed by atoms with van der Waals surface area (Å²) >= 11 is 6.65. The number of ether oxygens (including phenoxy) is 2. The van der Waals surface area contributed by atoms with E-state index in [2.05, 4.69) is 20.4 Å². The molecule has 42 heavy (non-hydrogen) atoms. The molecule has 4 aromatic rings. The normalized spacial score (nSPS) is 13.5. The lowest BCUT2D eigenvalue weighted by Crippen LogP contribution is -2.29. The molecule has 5 rings (SSSR count). The number of likely N-dealkylation sites (N-methyl/N-ethyl adjacent to an activating group) is 1. The number of rotatable bonds is 11. The highest BCUT2D eigenvalue weighted by molar-refractivity contribution is 6.33. The van der Waals surface area contributed by atoms with Crippen molar-refractivity contribution in [2.75, 3.05) is 31.7 Å². The lowest BCUT2D eigenvalue weighted by atomic mass is 10.0. The Morgan fingerprint density at radius 2 is 1.93 bits per heavy atom. The molecule has 222 valence electrons. The minimum atomic E-state index is -2.63. The second-order valence-electron chi connectivity index (χ2n) is 9.89. The maximum Gasteiger partial charge on any atom is 0.316 e. The van der Waals surface area contributed by atoms with Crippen molar-refractivity contribution in [2.45, 2.75) is 46.4 Å². The van der Waals surface area contributed by atoms with Gasteiger partial charge in [0.2, 0.25) is 0 Å². The quantitative estimate of drug-likeness (QED) is 0.255. The SMILES string of the molecule is CNC[C@@H](O)COc1ccc(Cl)c(-c2nc(-c3c(C)noc3C)c(C)c(N3Cc4cnc(OCC(F)F)nc4C3)n2)c1. The van der Waals surface area contributed by atoms with Crippen LogP contribution in [0.5, 0.6) is 11.8 Å². The Balaban J connectivity index is 1.55. The third kappa shape index (κ3) is 6.27. The Morgan fingerprint density at radius 1 is 1.12 bits per heavy atom. The lowest BCUT2D eigenvalue weighted by Gasteiger charge is -2.22. The molecule has 0 saturated carbocycles. The van der Waals surface area contributed by atoms with Crippen molar-refractivity contribution >= 4 is 17.4 Å². The molecule has 3 aromatic heterocycles. The van der Waals surface area contributed by atoms with Crippen LogP contribution in [0.1, 0.15) is 28.3 Å². The molecule has 1 aliphatic heterocycles. The third-order valence-corrected chi connectivity index (χ3v) is 7.05. The summed E-state index contributed by atoms with van der Waals surface area (Å²) in [5.74, 6) is 2.06. The molecule has 1 atom stereocenters. The first-order chi connectivity index (χ1) is 20.1. The molecule has 0 fully saturated rings. The molecule has 14 heteroatoms. The van der Waals surface area contributed by atoms with Crippen LogP contribution < -0.4 is 19.7 Å². The summed E-state index contributed by atoms with van der Waals surface area (Å²) in [5.41, 5.74) is 4.83. The summed E-state index contributed by atoms with van der Waals surface area (Å²) in [6.45, 7) is 6.04. The smallest absolute Gasteiger partial charge is 0.316 e. The summed E-state index contributed by atoms with van der Waals surface area (Å²) in [5, 5.41) is 17.5. The van der Waals surface area contributed by atoms with Crippen LogP contribution in [0.4, 0.5) is 14.6 Å². The summed E-state index contributed by atoms with van der Waals surface area (Å²) in [4.78, 5) is 20.3. The first kappa shape index (κ1) is 29.5. The van der Waals surface area contributed by atoms with Gasteiger partial charge < -0.3 is 29.3 Å². The van der Waals surface area contributed by atoms with Gasteiger partial charge in [-0.1, -0.05) is 16.8 Å². The first-order valence-corrected chi connectivity index (χ1v) is 13.6. The zero-order valence-corrected chi connectivity index (χ0v) is 24.2. The fourth-order valence-electron chi connectivity index (χ4n) is 4.74. The van der Waals surface area contributed by atoms with Crippen LogP contribution in [-0.4, -0.2) is 69.5 Å². The van der Waals surface area contributed by atoms with Crippen LogP contribution in [-0.2, 0) is 13.1 Å². The van der Waals surface area contributed by atoms with E-state index in [4.69, 9.17) is 35.6 Å². The Hall–Kier alpha value is -3.94. The highest BCUT2D eigenvalue weighted by atomic mass is 35.5. The highest BCUT2D eigenvalue weighted by Gasteiger charge is 2.28. The van der Waals surface area contributed by atoms with Crippen LogP contribution >= 0.6 is 11.6 Å². The van der Waals surface area contributed by atoms with E-state index >= 15 is 0 Å². The maximum atomic E-state index is 12.6. The number of aryl methyl sites for hydroxylation is 2. The molecule has 0 spiro atoms. The number of anilines is 1. The molecule has 0 aliphatic carbocycles. The van der Waals surface area contributed by atoms with Gasteiger partial charge in [0.1, 0.15) is 30.0 Å². The summed E-state index contributed by atoms with van der Waals surface area (Å²) in [6, 6.07) is 5.04. The molecule has 0 unspecified atom stereocenters. The van der Waals surface area contributed by atoms with E-state index < -0.39 is 19.1 Å². The molecule has 1 aliphatic rings. The van der Waals surface area contributed by atoms with E-state index in [9.17, 15) is 13.9 Å². The minimum Gasteiger partial charge on any atom is -0.491 e. The van der Waals surface area contributed by atoms with Crippen molar-refractivity contribution in [1.29, 1.82) is 0 Å². The summed E-state index contributed by atoms with van der Waals surface area (Å²) in [7, 11) is 1.75. The molecule has 0 bridgehead atoms. The highest BCUT2D eigenvalue weighted by Crippen LogP contribution is 2.39. The number of nitrogens with zero attached hydrogens (tertiary/aromatic N) is 6. The molecule has 2 N–H and O–H groups in total. The van der Waals surface area contributed by atoms with Gasteiger partial charge in [-0.25, -0.2) is 23.7 Å². The van der Waals surface area contributed by atoms with Gasteiger partial charge in [-0.3, -0.25) is 0 Å². The molecule has 0 amide bonds. The van der Waals surface area contributed by atoms with E-state index in [0.29, 0.717) is 70.5 Å². The Morgan fingerprint density at radius 3 is 2.64 bits per heavy atom. The third-order valence-electron chi connectivity index (χ3n) is 6.72. The summed E-state index contributed by atoms with van der Waals surface area (Å²) in [6.07, 6.45) is -1.74. The number of aromatic nitrogens is 5. The molecular formula is C28H30ClF2N7O4. The predicted molar refractivity (Wildman–Crippen MR) is 151 cm³/mol.